The lowest BCUT2D eigenvalue weighted by Crippen LogP contribution is -2.11. The second-order valence-electron chi connectivity index (χ2n) is 3.37. The molecule has 0 atom stereocenters. The Morgan fingerprint density at radius 2 is 2.14 bits per heavy atom. The molecule has 74 valence electrons. The molecule has 0 unspecified atom stereocenters. The van der Waals surface area contributed by atoms with Gasteiger partial charge in [0, 0.05) is 26.2 Å². The molecule has 0 N–H and O–H groups in total. The largest absolute Gasteiger partial charge is 0.377 e. The minimum absolute atomic E-state index is 0.210. The minimum Gasteiger partial charge on any atom is -0.377 e. The smallest absolute Gasteiger partial charge is 0.125 e. The van der Waals surface area contributed by atoms with Gasteiger partial charge in [-0.15, -0.1) is 12.3 Å². The van der Waals surface area contributed by atoms with E-state index in [1.54, 1.807) is 6.07 Å². The molecule has 1 nitrogen and oxygen atoms in total. The molecular formula is C12H14FN. The van der Waals surface area contributed by atoms with Crippen molar-refractivity contribution < 1.29 is 4.39 Å². The van der Waals surface area contributed by atoms with Crippen LogP contribution in [0.1, 0.15) is 12.0 Å². The Morgan fingerprint density at radius 1 is 1.43 bits per heavy atom. The quantitative estimate of drug-likeness (QED) is 0.663. The Bertz CT molecular complexity index is 350. The van der Waals surface area contributed by atoms with Crippen LogP contribution in [-0.2, 0) is 6.42 Å². The second kappa shape index (κ2) is 4.66. The molecule has 0 amide bonds. The molecule has 0 fully saturated rings. The number of hydrogen-bond acceptors (Lipinski definition) is 1. The molecule has 1 aromatic carbocycles. The van der Waals surface area contributed by atoms with Crippen LogP contribution in [-0.4, -0.2) is 14.1 Å². The fraction of sp³-hybridized carbons (Fsp3) is 0.333. The summed E-state index contributed by atoms with van der Waals surface area (Å²) in [5, 5.41) is 0. The molecule has 0 radical (unpaired) electrons. The van der Waals surface area contributed by atoms with E-state index >= 15 is 0 Å². The maximum atomic E-state index is 13.0. The molecule has 0 saturated heterocycles. The number of anilines is 1. The Labute approximate surface area is 84.5 Å². The van der Waals surface area contributed by atoms with E-state index in [-0.39, 0.29) is 5.82 Å². The van der Waals surface area contributed by atoms with Gasteiger partial charge in [0.25, 0.3) is 0 Å². The molecule has 0 aliphatic rings. The number of hydrogen-bond donors (Lipinski definition) is 0. The van der Waals surface area contributed by atoms with Crippen molar-refractivity contribution in [1.82, 2.24) is 0 Å². The lowest BCUT2D eigenvalue weighted by molar-refractivity contribution is 0.626. The number of terminal acetylenes is 1. The number of benzene rings is 1. The van der Waals surface area contributed by atoms with E-state index in [0.717, 1.165) is 17.7 Å². The molecule has 0 aromatic heterocycles. The predicted octanol–water partition coefficient (Wildman–Crippen LogP) is 2.46. The van der Waals surface area contributed by atoms with Crippen LogP contribution in [0, 0.1) is 18.2 Å². The van der Waals surface area contributed by atoms with Crippen molar-refractivity contribution in [2.24, 2.45) is 0 Å². The van der Waals surface area contributed by atoms with Crippen LogP contribution in [0.2, 0.25) is 0 Å². The van der Waals surface area contributed by atoms with Gasteiger partial charge in [0.1, 0.15) is 5.82 Å². The highest BCUT2D eigenvalue weighted by atomic mass is 19.1. The first-order chi connectivity index (χ1) is 6.65. The molecule has 0 heterocycles. The average molecular weight is 191 g/mol. The lowest BCUT2D eigenvalue weighted by Gasteiger charge is -2.16. The van der Waals surface area contributed by atoms with E-state index in [4.69, 9.17) is 6.42 Å². The molecule has 0 spiro atoms. The highest BCUT2D eigenvalue weighted by Gasteiger charge is 2.05. The Morgan fingerprint density at radius 3 is 2.71 bits per heavy atom. The number of nitrogens with zero attached hydrogens (tertiary/aromatic N) is 1. The van der Waals surface area contributed by atoms with Gasteiger partial charge in [0.2, 0.25) is 0 Å². The third-order valence-electron chi connectivity index (χ3n) is 2.07. The third kappa shape index (κ3) is 2.50. The molecule has 0 bridgehead atoms. The second-order valence-corrected chi connectivity index (χ2v) is 3.37. The highest BCUT2D eigenvalue weighted by Crippen LogP contribution is 2.21. The van der Waals surface area contributed by atoms with Gasteiger partial charge in [-0.25, -0.2) is 4.39 Å². The van der Waals surface area contributed by atoms with E-state index in [2.05, 4.69) is 5.92 Å². The zero-order chi connectivity index (χ0) is 10.6. The van der Waals surface area contributed by atoms with E-state index in [9.17, 15) is 4.39 Å². The maximum absolute atomic E-state index is 13.0. The van der Waals surface area contributed by atoms with Crippen molar-refractivity contribution in [2.45, 2.75) is 12.8 Å². The zero-order valence-corrected chi connectivity index (χ0v) is 8.55. The topological polar surface area (TPSA) is 3.24 Å². The number of aryl methyl sites for hydroxylation is 1. The van der Waals surface area contributed by atoms with Crippen molar-refractivity contribution in [3.63, 3.8) is 0 Å². The minimum atomic E-state index is -0.210. The van der Waals surface area contributed by atoms with Gasteiger partial charge in [0.15, 0.2) is 0 Å². The van der Waals surface area contributed by atoms with Crippen molar-refractivity contribution in [1.29, 1.82) is 0 Å². The van der Waals surface area contributed by atoms with Gasteiger partial charge in [-0.05, 0) is 24.1 Å². The monoisotopic (exact) mass is 191 g/mol. The van der Waals surface area contributed by atoms with Crippen molar-refractivity contribution in [3.05, 3.63) is 29.6 Å². The number of rotatable bonds is 3. The van der Waals surface area contributed by atoms with Crippen molar-refractivity contribution >= 4 is 5.69 Å². The molecule has 1 rings (SSSR count). The molecule has 1 aromatic rings. The van der Waals surface area contributed by atoms with Gasteiger partial charge >= 0.3 is 0 Å². The Kier molecular flexibility index (Phi) is 3.53. The molecule has 14 heavy (non-hydrogen) atoms. The molecular weight excluding hydrogens is 177 g/mol. The Balaban J connectivity index is 2.97. The van der Waals surface area contributed by atoms with Gasteiger partial charge in [-0.3, -0.25) is 0 Å². The summed E-state index contributed by atoms with van der Waals surface area (Å²) in [7, 11) is 3.79. The summed E-state index contributed by atoms with van der Waals surface area (Å²) in [6, 6.07) is 4.80. The van der Waals surface area contributed by atoms with Gasteiger partial charge in [-0.2, -0.15) is 0 Å². The fourth-order valence-electron chi connectivity index (χ4n) is 1.37. The molecule has 0 saturated carbocycles. The van der Waals surface area contributed by atoms with E-state index in [0.29, 0.717) is 6.42 Å². The fourth-order valence-corrected chi connectivity index (χ4v) is 1.37. The first-order valence-electron chi connectivity index (χ1n) is 4.54. The van der Waals surface area contributed by atoms with Crippen molar-refractivity contribution in [3.8, 4) is 12.3 Å². The molecule has 0 aliphatic carbocycles. The summed E-state index contributed by atoms with van der Waals surface area (Å²) in [5.74, 6) is 2.37. The highest BCUT2D eigenvalue weighted by molar-refractivity contribution is 5.53. The van der Waals surface area contributed by atoms with E-state index in [1.807, 2.05) is 19.0 Å². The first-order valence-corrected chi connectivity index (χ1v) is 4.54. The third-order valence-corrected chi connectivity index (χ3v) is 2.07. The summed E-state index contributed by atoms with van der Waals surface area (Å²) in [6.45, 7) is 0. The lowest BCUT2D eigenvalue weighted by atomic mass is 10.1. The van der Waals surface area contributed by atoms with Crippen LogP contribution in [0.3, 0.4) is 0 Å². The summed E-state index contributed by atoms with van der Waals surface area (Å²) >= 11 is 0. The summed E-state index contributed by atoms with van der Waals surface area (Å²) in [4.78, 5) is 1.90. The van der Waals surface area contributed by atoms with Gasteiger partial charge in [-0.1, -0.05) is 6.07 Å². The van der Waals surface area contributed by atoms with Crippen LogP contribution < -0.4 is 4.90 Å². The van der Waals surface area contributed by atoms with Crippen molar-refractivity contribution in [2.75, 3.05) is 19.0 Å². The van der Waals surface area contributed by atoms with Crippen LogP contribution in [0.4, 0.5) is 10.1 Å². The normalized spacial score (nSPS) is 9.57. The maximum Gasteiger partial charge on any atom is 0.125 e. The van der Waals surface area contributed by atoms with Crippen LogP contribution in [0.5, 0.6) is 0 Å². The Hall–Kier alpha value is -1.49. The SMILES string of the molecule is C#CCCc1ccc(F)cc1N(C)C. The summed E-state index contributed by atoms with van der Waals surface area (Å²) in [5.41, 5.74) is 2.00. The van der Waals surface area contributed by atoms with Crippen LogP contribution >= 0.6 is 0 Å². The van der Waals surface area contributed by atoms with Gasteiger partial charge < -0.3 is 4.90 Å². The zero-order valence-electron chi connectivity index (χ0n) is 8.55. The van der Waals surface area contributed by atoms with Gasteiger partial charge in [0.05, 0.1) is 0 Å². The molecule has 2 heteroatoms. The van der Waals surface area contributed by atoms with E-state index in [1.165, 1.54) is 12.1 Å². The number of halogens is 1. The first kappa shape index (κ1) is 10.6. The standard InChI is InChI=1S/C12H14FN/c1-4-5-6-10-7-8-11(13)9-12(10)14(2)3/h1,7-9H,5-6H2,2-3H3. The summed E-state index contributed by atoms with van der Waals surface area (Å²) in [6.07, 6.45) is 6.68. The molecule has 0 aliphatic heterocycles. The summed E-state index contributed by atoms with van der Waals surface area (Å²) < 4.78 is 13.0. The van der Waals surface area contributed by atoms with Crippen LogP contribution in [0.25, 0.3) is 0 Å². The van der Waals surface area contributed by atoms with Crippen LogP contribution in [0.15, 0.2) is 18.2 Å². The average Bonchev–Trinajstić information content (AvgIpc) is 2.15. The predicted molar refractivity (Wildman–Crippen MR) is 57.9 cm³/mol. The van der Waals surface area contributed by atoms with E-state index < -0.39 is 0 Å².